The van der Waals surface area contributed by atoms with Gasteiger partial charge in [0.25, 0.3) is 0 Å². The van der Waals surface area contributed by atoms with Crippen LogP contribution in [0.5, 0.6) is 5.75 Å². The maximum atomic E-state index is 13.1. The number of phenols is 1. The van der Waals surface area contributed by atoms with Crippen LogP contribution in [0.2, 0.25) is 0 Å². The van der Waals surface area contributed by atoms with Crippen molar-refractivity contribution in [1.82, 2.24) is 14.5 Å². The number of hydrogen-bond donors (Lipinski definition) is 1. The van der Waals surface area contributed by atoms with Crippen molar-refractivity contribution in [3.63, 3.8) is 0 Å². The van der Waals surface area contributed by atoms with Crippen molar-refractivity contribution in [3.05, 3.63) is 61.1 Å². The van der Waals surface area contributed by atoms with Gasteiger partial charge in [0, 0.05) is 50.7 Å². The van der Waals surface area contributed by atoms with E-state index in [1.807, 2.05) is 18.2 Å². The van der Waals surface area contributed by atoms with Gasteiger partial charge < -0.3 is 19.5 Å². The fourth-order valence-corrected chi connectivity index (χ4v) is 4.35. The summed E-state index contributed by atoms with van der Waals surface area (Å²) < 4.78 is 27.7. The number of hydrogen-bond acceptors (Lipinski definition) is 8. The second-order valence-corrected chi connectivity index (χ2v) is 8.68. The number of phenolic OH excluding ortho intramolecular Hbond substituents is 1. The smallest absolute Gasteiger partial charge is 0.329 e. The van der Waals surface area contributed by atoms with Crippen molar-refractivity contribution in [3.8, 4) is 17.0 Å². The highest BCUT2D eigenvalue weighted by molar-refractivity contribution is 7.74. The summed E-state index contributed by atoms with van der Waals surface area (Å²) in [7, 11) is 3.29. The molecule has 1 amide bonds. The molecule has 1 aromatic heterocycles. The van der Waals surface area contributed by atoms with E-state index in [9.17, 15) is 18.7 Å². The van der Waals surface area contributed by atoms with Crippen LogP contribution in [0.4, 0.5) is 16.2 Å². The highest BCUT2D eigenvalue weighted by Gasteiger charge is 2.26. The summed E-state index contributed by atoms with van der Waals surface area (Å²) >= 11 is -2.68. The third-order valence-corrected chi connectivity index (χ3v) is 6.36. The van der Waals surface area contributed by atoms with E-state index in [4.69, 9.17) is 0 Å². The Morgan fingerprint density at radius 1 is 1.17 bits per heavy atom. The molecule has 0 spiro atoms. The Morgan fingerprint density at radius 2 is 1.86 bits per heavy atom. The molecule has 2 aromatic carbocycles. The van der Waals surface area contributed by atoms with Gasteiger partial charge in [-0.05, 0) is 49.2 Å². The van der Waals surface area contributed by atoms with Crippen LogP contribution in [0.3, 0.4) is 0 Å². The largest absolute Gasteiger partial charge is 0.748 e. The van der Waals surface area contributed by atoms with E-state index in [0.29, 0.717) is 11.4 Å². The third kappa shape index (κ3) is 6.31. The first-order valence-electron chi connectivity index (χ1n) is 10.8. The Morgan fingerprint density at radius 3 is 2.51 bits per heavy atom. The van der Waals surface area contributed by atoms with Gasteiger partial charge in [-0.15, -0.1) is 12.4 Å². The van der Waals surface area contributed by atoms with Gasteiger partial charge >= 0.3 is 6.03 Å². The van der Waals surface area contributed by atoms with Crippen LogP contribution in [0.1, 0.15) is 12.8 Å². The molecular weight excluding hydrogens is 494 g/mol. The van der Waals surface area contributed by atoms with Gasteiger partial charge in [-0.25, -0.2) is 19.1 Å². The molecule has 1 atom stereocenters. The lowest BCUT2D eigenvalue weighted by atomic mass is 10.0. The number of piperidine rings is 1. The average Bonchev–Trinajstić information content (AvgIpc) is 3.34. The molecule has 0 bridgehead atoms. The number of halogens is 1. The van der Waals surface area contributed by atoms with Crippen molar-refractivity contribution in [1.29, 1.82) is 0 Å². The molecule has 188 valence electrons. The van der Waals surface area contributed by atoms with Gasteiger partial charge in [0.1, 0.15) is 23.4 Å². The fraction of sp³-hybridized carbons (Fsp3) is 0.304. The monoisotopic (exact) mass is 520 g/mol. The lowest BCUT2D eigenvalue weighted by Crippen LogP contribution is -2.46. The molecule has 0 radical (unpaired) electrons. The maximum Gasteiger partial charge on any atom is 0.329 e. The van der Waals surface area contributed by atoms with Gasteiger partial charge in [-0.3, -0.25) is 4.57 Å². The minimum Gasteiger partial charge on any atom is -0.748 e. The SMILES string of the molecule is CN(OS(=O)[O-])c1cccc(-c2cn(C(=O)N(C)C3CCN(c4ccc(O)cc4)CC3)cn2)c1.Cl. The van der Waals surface area contributed by atoms with Crippen LogP contribution < -0.4 is 9.96 Å². The second kappa shape index (κ2) is 11.5. The molecule has 3 aromatic rings. The minimum absolute atomic E-state index is 0. The van der Waals surface area contributed by atoms with E-state index in [1.165, 1.54) is 17.9 Å². The number of anilines is 2. The topological polar surface area (TPSA) is 114 Å². The predicted molar refractivity (Wildman–Crippen MR) is 135 cm³/mol. The second-order valence-electron chi connectivity index (χ2n) is 8.12. The van der Waals surface area contributed by atoms with Gasteiger partial charge in [0.2, 0.25) is 0 Å². The fourth-order valence-electron chi connectivity index (χ4n) is 4.09. The molecule has 0 aliphatic carbocycles. The lowest BCUT2D eigenvalue weighted by Gasteiger charge is -2.37. The Hall–Kier alpha value is -3.12. The number of imidazole rings is 1. The van der Waals surface area contributed by atoms with Gasteiger partial charge in [-0.1, -0.05) is 12.1 Å². The Bertz CT molecular complexity index is 1170. The normalized spacial score (nSPS) is 14.8. The predicted octanol–water partition coefficient (Wildman–Crippen LogP) is 3.41. The maximum absolute atomic E-state index is 13.1. The van der Waals surface area contributed by atoms with Crippen molar-refractivity contribution in [2.45, 2.75) is 18.9 Å². The van der Waals surface area contributed by atoms with Crippen LogP contribution in [-0.2, 0) is 15.6 Å². The van der Waals surface area contributed by atoms with Gasteiger partial charge in [0.05, 0.1) is 11.4 Å². The van der Waals surface area contributed by atoms with E-state index in [1.54, 1.807) is 48.5 Å². The summed E-state index contributed by atoms with van der Waals surface area (Å²) in [6.07, 6.45) is 4.82. The number of rotatable bonds is 6. The molecule has 1 saturated heterocycles. The van der Waals surface area contributed by atoms with Crippen LogP contribution in [-0.4, -0.2) is 67.6 Å². The first kappa shape index (κ1) is 26.5. The van der Waals surface area contributed by atoms with Crippen LogP contribution in [0, 0.1) is 0 Å². The highest BCUT2D eigenvalue weighted by atomic mass is 35.5. The first-order valence-corrected chi connectivity index (χ1v) is 11.8. The van der Waals surface area contributed by atoms with E-state index < -0.39 is 11.4 Å². The highest BCUT2D eigenvalue weighted by Crippen LogP contribution is 2.26. The van der Waals surface area contributed by atoms with Crippen LogP contribution in [0.25, 0.3) is 11.3 Å². The summed E-state index contributed by atoms with van der Waals surface area (Å²) in [5.74, 6) is 0.245. The molecule has 35 heavy (non-hydrogen) atoms. The molecule has 0 saturated carbocycles. The zero-order chi connectivity index (χ0) is 24.2. The van der Waals surface area contributed by atoms with E-state index in [2.05, 4.69) is 14.2 Å². The van der Waals surface area contributed by atoms with Crippen LogP contribution >= 0.6 is 12.4 Å². The molecule has 1 N–H and O–H groups in total. The minimum atomic E-state index is -2.68. The van der Waals surface area contributed by atoms with E-state index in [-0.39, 0.29) is 30.2 Å². The number of aromatic nitrogens is 2. The van der Waals surface area contributed by atoms with E-state index >= 15 is 0 Å². The molecule has 2 heterocycles. The summed E-state index contributed by atoms with van der Waals surface area (Å²) in [5.41, 5.74) is 2.90. The summed E-state index contributed by atoms with van der Waals surface area (Å²) in [6.45, 7) is 1.64. The number of hydroxylamine groups is 1. The summed E-state index contributed by atoms with van der Waals surface area (Å²) in [5, 5.41) is 10.6. The molecular formula is C23H27ClN5O5S-. The quantitative estimate of drug-likeness (QED) is 0.388. The van der Waals surface area contributed by atoms with Crippen molar-refractivity contribution in [2.75, 3.05) is 37.1 Å². The molecule has 4 rings (SSSR count). The number of carbonyl (C=O) groups excluding carboxylic acids is 1. The number of benzene rings is 2. The molecule has 1 aliphatic rings. The van der Waals surface area contributed by atoms with Crippen molar-refractivity contribution >= 4 is 41.2 Å². The zero-order valence-corrected chi connectivity index (χ0v) is 20.9. The van der Waals surface area contributed by atoms with E-state index in [0.717, 1.165) is 42.2 Å². The van der Waals surface area contributed by atoms with Gasteiger partial charge in [-0.2, -0.15) is 4.28 Å². The first-order chi connectivity index (χ1) is 16.3. The summed E-state index contributed by atoms with van der Waals surface area (Å²) in [4.78, 5) is 21.4. The molecule has 1 aliphatic heterocycles. The Balaban J connectivity index is 0.00000342. The molecule has 10 nitrogen and oxygen atoms in total. The summed E-state index contributed by atoms with van der Waals surface area (Å²) in [6, 6.07) is 14.1. The molecule has 12 heteroatoms. The Kier molecular flexibility index (Phi) is 8.73. The standard InChI is InChI=1S/C23H27N5O5S.ClH/c1-25(18-10-12-27(13-11-18)19-6-8-21(29)9-7-19)23(30)28-15-22(24-16-28)17-4-3-5-20(14-17)26(2)33-34(31)32;/h3-9,14-16,18,29H,10-13H2,1-2H3,(H,31,32);1H/p-1. The number of nitrogens with zero attached hydrogens (tertiary/aromatic N) is 5. The average molecular weight is 521 g/mol. The number of aromatic hydroxyl groups is 1. The van der Waals surface area contributed by atoms with Gasteiger partial charge in [0.15, 0.2) is 0 Å². The number of carbonyl (C=O) groups is 1. The molecule has 1 unspecified atom stereocenters. The third-order valence-electron chi connectivity index (χ3n) is 6.01. The van der Waals surface area contributed by atoms with Crippen LogP contribution in [0.15, 0.2) is 61.1 Å². The zero-order valence-electron chi connectivity index (χ0n) is 19.3. The van der Waals surface area contributed by atoms with Crippen molar-refractivity contribution in [2.24, 2.45) is 0 Å². The van der Waals surface area contributed by atoms with Crippen molar-refractivity contribution < 1.29 is 22.9 Å². The molecule has 1 fully saturated rings. The Labute approximate surface area is 212 Å². The lowest BCUT2D eigenvalue weighted by molar-refractivity contribution is 0.181. The number of amides is 1.